The molecule has 0 radical (unpaired) electrons. The molecule has 4 aliphatic carbocycles. The number of aliphatic hydroxyl groups is 2. The molecule has 1 aromatic rings. The van der Waals surface area contributed by atoms with Gasteiger partial charge in [0.05, 0.1) is 24.4 Å². The zero-order valence-corrected chi connectivity index (χ0v) is 26.3. The number of fused-ring (bicyclic) bond motifs is 5. The molecule has 0 aromatic carbocycles. The summed E-state index contributed by atoms with van der Waals surface area (Å²) in [7, 11) is 0. The molecule has 0 bridgehead atoms. The van der Waals surface area contributed by atoms with E-state index >= 15 is 0 Å². The van der Waals surface area contributed by atoms with Crippen LogP contribution < -0.4 is 10.1 Å². The van der Waals surface area contributed by atoms with Crippen molar-refractivity contribution in [2.75, 3.05) is 13.2 Å². The third-order valence-corrected chi connectivity index (χ3v) is 12.7. The van der Waals surface area contributed by atoms with Crippen molar-refractivity contribution in [3.05, 3.63) is 22.8 Å². The predicted octanol–water partition coefficient (Wildman–Crippen LogP) is 5.58. The summed E-state index contributed by atoms with van der Waals surface area (Å²) in [5.41, 5.74) is 0.585. The summed E-state index contributed by atoms with van der Waals surface area (Å²) in [4.78, 5) is 27.0. The number of hydrogen-bond donors (Lipinski definition) is 4. The van der Waals surface area contributed by atoms with E-state index < -0.39 is 18.4 Å². The molecule has 4 N–H and O–H groups in total. The van der Waals surface area contributed by atoms with Crippen molar-refractivity contribution < 1.29 is 29.6 Å². The Labute approximate surface area is 255 Å². The highest BCUT2D eigenvalue weighted by molar-refractivity contribution is 6.32. The number of nitrogens with zero attached hydrogens (tertiary/aromatic N) is 1. The Bertz CT molecular complexity index is 1170. The minimum absolute atomic E-state index is 0.183. The molecule has 11 atom stereocenters. The van der Waals surface area contributed by atoms with E-state index in [2.05, 4.69) is 38.0 Å². The van der Waals surface area contributed by atoms with Crippen LogP contribution in [-0.4, -0.2) is 57.5 Å². The average molecular weight is 605 g/mol. The molecule has 5 rings (SSSR count). The summed E-state index contributed by atoms with van der Waals surface area (Å²) in [6, 6.07) is 1.45. The largest absolute Gasteiger partial charge is 0.480 e. The zero-order valence-electron chi connectivity index (χ0n) is 25.5. The Hall–Kier alpha value is -1.90. The fraction of sp³-hybridized carbons (Fsp3) is 0.788. The lowest BCUT2D eigenvalue weighted by atomic mass is 9.41. The van der Waals surface area contributed by atoms with Crippen LogP contribution in [0.3, 0.4) is 0 Å². The molecule has 234 valence electrons. The first-order valence-corrected chi connectivity index (χ1v) is 16.4. The van der Waals surface area contributed by atoms with Gasteiger partial charge in [-0.1, -0.05) is 45.7 Å². The minimum Gasteiger partial charge on any atom is -0.480 e. The van der Waals surface area contributed by atoms with Crippen LogP contribution in [0.4, 0.5) is 0 Å². The van der Waals surface area contributed by atoms with E-state index in [0.29, 0.717) is 42.1 Å². The van der Waals surface area contributed by atoms with Crippen molar-refractivity contribution in [2.24, 2.45) is 52.3 Å². The second kappa shape index (κ2) is 12.2. The van der Waals surface area contributed by atoms with Gasteiger partial charge in [0.2, 0.25) is 5.88 Å². The molecule has 0 saturated heterocycles. The lowest BCUT2D eigenvalue weighted by Crippen LogP contribution is -2.62. The van der Waals surface area contributed by atoms with Crippen LogP contribution in [0.15, 0.2) is 12.3 Å². The molecular weight excluding hydrogens is 556 g/mol. The highest BCUT2D eigenvalue weighted by Gasteiger charge is 2.64. The number of ether oxygens (including phenoxy) is 1. The number of amides is 1. The van der Waals surface area contributed by atoms with Gasteiger partial charge in [0.1, 0.15) is 11.6 Å². The first-order chi connectivity index (χ1) is 19.9. The summed E-state index contributed by atoms with van der Waals surface area (Å²) in [5, 5.41) is 33.7. The number of carboxylic acid groups (broad SMARTS) is 1. The highest BCUT2D eigenvalue weighted by atomic mass is 35.5. The van der Waals surface area contributed by atoms with Gasteiger partial charge in [-0.2, -0.15) is 0 Å². The molecule has 8 nitrogen and oxygen atoms in total. The Balaban J connectivity index is 1.22. The molecule has 0 aliphatic heterocycles. The number of aromatic nitrogens is 1. The van der Waals surface area contributed by atoms with E-state index in [1.165, 1.54) is 37.9 Å². The molecular formula is C33H49ClN2O6. The summed E-state index contributed by atoms with van der Waals surface area (Å²) >= 11 is 6.34. The molecule has 4 fully saturated rings. The predicted molar refractivity (Wildman–Crippen MR) is 160 cm³/mol. The van der Waals surface area contributed by atoms with E-state index in [4.69, 9.17) is 21.4 Å². The Kier molecular flexibility index (Phi) is 9.19. The molecule has 9 heteroatoms. The highest BCUT2D eigenvalue weighted by Crippen LogP contribution is 2.69. The van der Waals surface area contributed by atoms with Crippen LogP contribution in [0.5, 0.6) is 5.88 Å². The number of carbonyl (C=O) groups excluding carboxylic acids is 1. The number of rotatable bonds is 9. The van der Waals surface area contributed by atoms with Gasteiger partial charge in [0.25, 0.3) is 5.91 Å². The standard InChI is InChI=1S/C33H49ClN2O6/c1-5-21-25-15-20(37)8-11-33(25,4)24-9-12-32(3)22(6-7-23(32)28(24)29(21)40)18(2)10-13-42-31-26(34)14-19(16-36-31)30(41)35-17-27(38)39/h14,16,18,20-25,28-29,37,40H,5-13,15,17H2,1-4H3,(H,35,41)(H,38,39)/t18-,20-,21-,22-,23+,24+,25+,28+,29-,32-,33-/m1/s1. The number of nitrogens with one attached hydrogen (secondary N) is 1. The van der Waals surface area contributed by atoms with Crippen LogP contribution in [0.25, 0.3) is 0 Å². The summed E-state index contributed by atoms with van der Waals surface area (Å²) < 4.78 is 5.95. The number of aliphatic hydroxyl groups excluding tert-OH is 2. The normalized spacial score (nSPS) is 39.9. The van der Waals surface area contributed by atoms with Crippen molar-refractivity contribution in [3.63, 3.8) is 0 Å². The van der Waals surface area contributed by atoms with Crippen molar-refractivity contribution in [1.82, 2.24) is 10.3 Å². The third kappa shape index (κ3) is 5.56. The topological polar surface area (TPSA) is 129 Å². The molecule has 1 heterocycles. The van der Waals surface area contributed by atoms with E-state index in [1.807, 2.05) is 0 Å². The number of hydrogen-bond acceptors (Lipinski definition) is 6. The number of carboxylic acids is 1. The molecule has 42 heavy (non-hydrogen) atoms. The van der Waals surface area contributed by atoms with Crippen molar-refractivity contribution >= 4 is 23.5 Å². The van der Waals surface area contributed by atoms with E-state index in [-0.39, 0.29) is 45.4 Å². The van der Waals surface area contributed by atoms with Gasteiger partial charge in [-0.15, -0.1) is 0 Å². The second-order valence-electron chi connectivity index (χ2n) is 14.3. The van der Waals surface area contributed by atoms with Crippen molar-refractivity contribution in [2.45, 2.75) is 97.7 Å². The monoisotopic (exact) mass is 604 g/mol. The maximum Gasteiger partial charge on any atom is 0.322 e. The van der Waals surface area contributed by atoms with E-state index in [1.54, 1.807) is 0 Å². The Morgan fingerprint density at radius 2 is 1.83 bits per heavy atom. The molecule has 1 amide bonds. The molecule has 0 unspecified atom stereocenters. The van der Waals surface area contributed by atoms with Crippen LogP contribution in [0, 0.1) is 52.3 Å². The average Bonchev–Trinajstić information content (AvgIpc) is 3.30. The molecule has 4 saturated carbocycles. The Morgan fingerprint density at radius 3 is 2.52 bits per heavy atom. The van der Waals surface area contributed by atoms with Crippen LogP contribution >= 0.6 is 11.6 Å². The smallest absolute Gasteiger partial charge is 0.322 e. The van der Waals surface area contributed by atoms with Gasteiger partial charge in [-0.25, -0.2) is 4.98 Å². The van der Waals surface area contributed by atoms with E-state index in [9.17, 15) is 19.8 Å². The van der Waals surface area contributed by atoms with Gasteiger partial charge in [-0.05, 0) is 110 Å². The van der Waals surface area contributed by atoms with Crippen LogP contribution in [0.1, 0.15) is 95.8 Å². The molecule has 0 spiro atoms. The van der Waals surface area contributed by atoms with Gasteiger partial charge >= 0.3 is 5.97 Å². The fourth-order valence-electron chi connectivity index (χ4n) is 10.4. The quantitative estimate of drug-likeness (QED) is 0.289. The van der Waals surface area contributed by atoms with E-state index in [0.717, 1.165) is 32.1 Å². The van der Waals surface area contributed by atoms with Gasteiger partial charge in [0.15, 0.2) is 0 Å². The summed E-state index contributed by atoms with van der Waals surface area (Å²) in [6.45, 7) is 9.51. The molecule has 4 aliphatic rings. The maximum atomic E-state index is 12.1. The zero-order chi connectivity index (χ0) is 30.4. The number of carbonyl (C=O) groups is 2. The van der Waals surface area contributed by atoms with Crippen molar-refractivity contribution in [3.8, 4) is 5.88 Å². The lowest BCUT2D eigenvalue weighted by Gasteiger charge is -2.64. The van der Waals surface area contributed by atoms with Gasteiger partial charge in [0, 0.05) is 6.20 Å². The Morgan fingerprint density at radius 1 is 1.12 bits per heavy atom. The van der Waals surface area contributed by atoms with Crippen LogP contribution in [0.2, 0.25) is 5.02 Å². The lowest BCUT2D eigenvalue weighted by molar-refractivity contribution is -0.203. The molecule has 1 aromatic heterocycles. The SMILES string of the molecule is CC[C@H]1[C@@H](O)[C@@H]2[C@H](CC[C@]3(C)[C@@H]([C@H](C)CCOc4ncc(C(=O)NCC(=O)O)cc4Cl)CC[C@@H]23)[C@@]2(C)CC[C@@H](O)C[C@@H]12. The number of halogens is 1. The van der Waals surface area contributed by atoms with Gasteiger partial charge in [-0.3, -0.25) is 9.59 Å². The minimum atomic E-state index is -1.13. The first kappa shape index (κ1) is 31.5. The first-order valence-electron chi connectivity index (χ1n) is 16.0. The third-order valence-electron chi connectivity index (χ3n) is 12.4. The summed E-state index contributed by atoms with van der Waals surface area (Å²) in [5.74, 6) is 1.66. The fourth-order valence-corrected chi connectivity index (χ4v) is 10.6. The maximum absolute atomic E-state index is 12.1. The van der Waals surface area contributed by atoms with Gasteiger partial charge < -0.3 is 25.4 Å². The van der Waals surface area contributed by atoms with Crippen LogP contribution in [-0.2, 0) is 4.79 Å². The summed E-state index contributed by atoms with van der Waals surface area (Å²) in [6.07, 6.45) is 10.2. The number of aliphatic carboxylic acids is 1. The second-order valence-corrected chi connectivity index (χ2v) is 14.7. The number of pyridine rings is 1. The van der Waals surface area contributed by atoms with Crippen molar-refractivity contribution in [1.29, 1.82) is 0 Å².